The molecule has 2 atom stereocenters. The van der Waals surface area contributed by atoms with Gasteiger partial charge in [0.2, 0.25) is 11.9 Å². The molecule has 4 rings (SSSR count). The summed E-state index contributed by atoms with van der Waals surface area (Å²) in [6.07, 6.45) is 10.7. The summed E-state index contributed by atoms with van der Waals surface area (Å²) in [6, 6.07) is 7.04. The largest absolute Gasteiger partial charge is 0.496 e. The molecule has 1 aliphatic heterocycles. The number of ether oxygens (including phenoxy) is 2. The maximum Gasteiger partial charge on any atom is 0.328 e. The predicted molar refractivity (Wildman–Crippen MR) is 139 cm³/mol. The van der Waals surface area contributed by atoms with Crippen LogP contribution in [0.25, 0.3) is 0 Å². The quantitative estimate of drug-likeness (QED) is 0.276. The summed E-state index contributed by atoms with van der Waals surface area (Å²) in [5.74, 6) is 2.61. The van der Waals surface area contributed by atoms with Crippen molar-refractivity contribution in [1.82, 2.24) is 20.3 Å². The number of nitrogens with zero attached hydrogens (tertiary/aromatic N) is 3. The Hall–Kier alpha value is -1.88. The Labute approximate surface area is 210 Å². The fourth-order valence-electron chi connectivity index (χ4n) is 4.66. The van der Waals surface area contributed by atoms with Crippen LogP contribution in [0.2, 0.25) is 0 Å². The Morgan fingerprint density at radius 2 is 1.85 bits per heavy atom. The zero-order valence-corrected chi connectivity index (χ0v) is 21.7. The Balaban J connectivity index is 1.56. The van der Waals surface area contributed by atoms with Crippen molar-refractivity contribution in [3.63, 3.8) is 0 Å². The number of hydrogen-bond donors (Lipinski definition) is 3. The molecule has 1 aromatic heterocycles. The van der Waals surface area contributed by atoms with Crippen LogP contribution in [-0.2, 0) is 0 Å². The van der Waals surface area contributed by atoms with E-state index in [9.17, 15) is 0 Å². The van der Waals surface area contributed by atoms with Crippen LogP contribution in [0.15, 0.2) is 18.2 Å². The number of hydrogen-bond acceptors (Lipinski definition) is 8. The number of methoxy groups -OCH3 is 1. The number of rotatable bonds is 9. The normalized spacial score (nSPS) is 20.2. The third-order valence-electron chi connectivity index (χ3n) is 6.47. The van der Waals surface area contributed by atoms with Crippen molar-refractivity contribution in [1.29, 1.82) is 0 Å². The standard InChI is InChI=1S/C24H35IN6O2/c1-3-19(20-11-8-14-26-20)28-23-29-22(27-16-9-6-4-5-7-10-16)30-24(31-23)33-17-12-13-21(32-2)18(25)15-17/h12-13,15-16,19-20,26H,3-11,14H2,1-2H3,(H2,27,28,29,30,31). The van der Waals surface area contributed by atoms with Gasteiger partial charge in [-0.15, -0.1) is 0 Å². The molecule has 180 valence electrons. The van der Waals surface area contributed by atoms with Crippen molar-refractivity contribution in [3.8, 4) is 17.5 Å². The molecule has 2 fully saturated rings. The topological polar surface area (TPSA) is 93.2 Å². The molecule has 0 bridgehead atoms. The van der Waals surface area contributed by atoms with Crippen LogP contribution >= 0.6 is 22.6 Å². The Kier molecular flexibility index (Phi) is 8.82. The summed E-state index contributed by atoms with van der Waals surface area (Å²) in [7, 11) is 1.66. The van der Waals surface area contributed by atoms with Crippen LogP contribution in [0.1, 0.15) is 64.7 Å². The lowest BCUT2D eigenvalue weighted by atomic mass is 10.0. The maximum absolute atomic E-state index is 6.08. The van der Waals surface area contributed by atoms with Gasteiger partial charge in [-0.2, -0.15) is 15.0 Å². The fraction of sp³-hybridized carbons (Fsp3) is 0.625. The van der Waals surface area contributed by atoms with Gasteiger partial charge in [-0.05, 0) is 79.4 Å². The summed E-state index contributed by atoms with van der Waals surface area (Å²) < 4.78 is 12.4. The third-order valence-corrected chi connectivity index (χ3v) is 7.32. The number of nitrogens with one attached hydrogen (secondary N) is 3. The van der Waals surface area contributed by atoms with Crippen molar-refractivity contribution in [3.05, 3.63) is 21.8 Å². The highest BCUT2D eigenvalue weighted by molar-refractivity contribution is 14.1. The van der Waals surface area contributed by atoms with Gasteiger partial charge >= 0.3 is 6.01 Å². The second-order valence-electron chi connectivity index (χ2n) is 8.86. The van der Waals surface area contributed by atoms with Gasteiger partial charge in [-0.1, -0.05) is 32.6 Å². The summed E-state index contributed by atoms with van der Waals surface area (Å²) in [5, 5.41) is 10.7. The van der Waals surface area contributed by atoms with Crippen LogP contribution in [0, 0.1) is 3.57 Å². The predicted octanol–water partition coefficient (Wildman–Crippen LogP) is 5.35. The van der Waals surface area contributed by atoms with Crippen LogP contribution in [0.4, 0.5) is 11.9 Å². The average molecular weight is 566 g/mol. The van der Waals surface area contributed by atoms with Crippen LogP contribution in [-0.4, -0.2) is 46.7 Å². The average Bonchev–Trinajstić information content (AvgIpc) is 3.22. The molecule has 33 heavy (non-hydrogen) atoms. The molecule has 1 aliphatic carbocycles. The van der Waals surface area contributed by atoms with E-state index in [0.717, 1.165) is 41.5 Å². The van der Waals surface area contributed by atoms with E-state index < -0.39 is 0 Å². The van der Waals surface area contributed by atoms with Crippen molar-refractivity contribution in [2.75, 3.05) is 24.3 Å². The minimum Gasteiger partial charge on any atom is -0.496 e. The van der Waals surface area contributed by atoms with Crippen LogP contribution in [0.5, 0.6) is 17.5 Å². The second-order valence-corrected chi connectivity index (χ2v) is 10.0. The van der Waals surface area contributed by atoms with E-state index in [2.05, 4.69) is 55.4 Å². The molecule has 1 saturated heterocycles. The van der Waals surface area contributed by atoms with Crippen molar-refractivity contribution >= 4 is 34.5 Å². The Morgan fingerprint density at radius 1 is 1.06 bits per heavy atom. The highest BCUT2D eigenvalue weighted by atomic mass is 127. The van der Waals surface area contributed by atoms with Gasteiger partial charge in [-0.25, -0.2) is 0 Å². The first kappa shape index (κ1) is 24.3. The molecule has 2 aromatic rings. The fourth-order valence-corrected chi connectivity index (χ4v) is 5.37. The number of anilines is 2. The SMILES string of the molecule is CCC(Nc1nc(NC2CCCCCC2)nc(Oc2ccc(OC)c(I)c2)n1)C1CCCN1. The number of aromatic nitrogens is 3. The van der Waals surface area contributed by atoms with Crippen LogP contribution < -0.4 is 25.4 Å². The van der Waals surface area contributed by atoms with Gasteiger partial charge in [0.1, 0.15) is 11.5 Å². The molecule has 0 radical (unpaired) electrons. The highest BCUT2D eigenvalue weighted by Gasteiger charge is 2.24. The number of halogens is 1. The molecule has 1 aromatic carbocycles. The second kappa shape index (κ2) is 12.0. The molecule has 8 nitrogen and oxygen atoms in total. The lowest BCUT2D eigenvalue weighted by molar-refractivity contribution is 0.407. The van der Waals surface area contributed by atoms with E-state index in [0.29, 0.717) is 35.7 Å². The molecule has 0 amide bonds. The first-order valence-corrected chi connectivity index (χ1v) is 13.3. The maximum atomic E-state index is 6.08. The van der Waals surface area contributed by atoms with Gasteiger partial charge in [0, 0.05) is 18.1 Å². The minimum atomic E-state index is 0.260. The van der Waals surface area contributed by atoms with Crippen molar-refractivity contribution in [2.45, 2.75) is 82.8 Å². The number of benzene rings is 1. The van der Waals surface area contributed by atoms with Gasteiger partial charge < -0.3 is 25.4 Å². The van der Waals surface area contributed by atoms with E-state index in [1.807, 2.05) is 18.2 Å². The zero-order valence-electron chi connectivity index (χ0n) is 19.6. The zero-order chi connectivity index (χ0) is 23.0. The monoisotopic (exact) mass is 566 g/mol. The van der Waals surface area contributed by atoms with Crippen molar-refractivity contribution < 1.29 is 9.47 Å². The smallest absolute Gasteiger partial charge is 0.328 e. The molecule has 3 N–H and O–H groups in total. The highest BCUT2D eigenvalue weighted by Crippen LogP contribution is 2.29. The van der Waals surface area contributed by atoms with E-state index in [1.165, 1.54) is 32.1 Å². The molecular weight excluding hydrogens is 531 g/mol. The van der Waals surface area contributed by atoms with E-state index in [4.69, 9.17) is 14.5 Å². The van der Waals surface area contributed by atoms with Crippen molar-refractivity contribution in [2.24, 2.45) is 0 Å². The molecule has 1 saturated carbocycles. The van der Waals surface area contributed by atoms with Gasteiger partial charge in [-0.3, -0.25) is 0 Å². The van der Waals surface area contributed by atoms with Crippen LogP contribution in [0.3, 0.4) is 0 Å². The summed E-state index contributed by atoms with van der Waals surface area (Å²) >= 11 is 2.24. The summed E-state index contributed by atoms with van der Waals surface area (Å²) in [6.45, 7) is 3.26. The first-order chi connectivity index (χ1) is 16.1. The first-order valence-electron chi connectivity index (χ1n) is 12.2. The molecule has 0 spiro atoms. The van der Waals surface area contributed by atoms with Gasteiger partial charge in [0.05, 0.1) is 10.7 Å². The lowest BCUT2D eigenvalue weighted by Crippen LogP contribution is -2.40. The van der Waals surface area contributed by atoms with E-state index >= 15 is 0 Å². The Morgan fingerprint density at radius 3 is 2.52 bits per heavy atom. The Bertz CT molecular complexity index is 901. The molecule has 9 heteroatoms. The van der Waals surface area contributed by atoms with Gasteiger partial charge in [0.25, 0.3) is 0 Å². The summed E-state index contributed by atoms with van der Waals surface area (Å²) in [4.78, 5) is 14.0. The third kappa shape index (κ3) is 6.81. The summed E-state index contributed by atoms with van der Waals surface area (Å²) in [5.41, 5.74) is 0. The lowest BCUT2D eigenvalue weighted by Gasteiger charge is -2.24. The van der Waals surface area contributed by atoms with E-state index in [-0.39, 0.29) is 6.04 Å². The van der Waals surface area contributed by atoms with Gasteiger partial charge in [0.15, 0.2) is 0 Å². The molecule has 2 aliphatic rings. The minimum absolute atomic E-state index is 0.260. The molecule has 2 heterocycles. The molecule has 2 unspecified atom stereocenters. The van der Waals surface area contributed by atoms with E-state index in [1.54, 1.807) is 7.11 Å². The molecular formula is C24H35IN6O2.